The number of hydrogen-bond donors (Lipinski definition) is 4. The molecule has 1 amide bonds. The number of nitrogens with zero attached hydrogens (tertiary/aromatic N) is 2. The van der Waals surface area contributed by atoms with Crippen molar-refractivity contribution in [3.05, 3.63) is 17.5 Å². The topological polar surface area (TPSA) is 150 Å². The van der Waals surface area contributed by atoms with Gasteiger partial charge in [0.05, 0.1) is 5.92 Å². The van der Waals surface area contributed by atoms with Crippen LogP contribution in [-0.4, -0.2) is 62.8 Å². The minimum Gasteiger partial charge on any atom is -0.483 e. The summed E-state index contributed by atoms with van der Waals surface area (Å²) in [5.74, 6) is -1.16. The lowest BCUT2D eigenvalue weighted by molar-refractivity contribution is -0.142. The third-order valence-corrected chi connectivity index (χ3v) is 4.25. The lowest BCUT2D eigenvalue weighted by Crippen LogP contribution is -2.41. The van der Waals surface area contributed by atoms with Crippen molar-refractivity contribution in [3.8, 4) is 0 Å². The summed E-state index contributed by atoms with van der Waals surface area (Å²) in [6, 6.07) is 1.60. The van der Waals surface area contributed by atoms with Gasteiger partial charge in [0, 0.05) is 30.7 Å². The molecule has 3 rings (SSSR count). The molecule has 1 saturated heterocycles. The molecule has 2 aliphatic rings. The molecular weight excluding hydrogens is 316 g/mol. The third-order valence-electron chi connectivity index (χ3n) is 4.25. The van der Waals surface area contributed by atoms with Gasteiger partial charge in [-0.3, -0.25) is 19.5 Å². The van der Waals surface area contributed by atoms with Gasteiger partial charge < -0.3 is 20.8 Å². The van der Waals surface area contributed by atoms with Gasteiger partial charge in [0.25, 0.3) is 12.4 Å². The Morgan fingerprint density at radius 3 is 2.54 bits per heavy atom. The van der Waals surface area contributed by atoms with Crippen LogP contribution in [0.1, 0.15) is 47.8 Å². The summed E-state index contributed by atoms with van der Waals surface area (Å²) in [5, 5.41) is 23.1. The molecule has 5 N–H and O–H groups in total. The summed E-state index contributed by atoms with van der Waals surface area (Å²) >= 11 is 0. The number of nitrogens with one attached hydrogen (secondary N) is 1. The number of nitrogens with two attached hydrogens (primary N) is 1. The molecule has 0 radical (unpaired) electrons. The number of rotatable bonds is 3. The first-order chi connectivity index (χ1) is 11.5. The average Bonchev–Trinajstić information content (AvgIpc) is 3.30. The number of carbonyl (C=O) groups excluding carboxylic acids is 1. The number of hydrogen-bond acceptors (Lipinski definition) is 5. The average molecular weight is 338 g/mol. The van der Waals surface area contributed by atoms with Crippen molar-refractivity contribution in [1.82, 2.24) is 15.1 Å². The Morgan fingerprint density at radius 2 is 1.96 bits per heavy atom. The first kappa shape index (κ1) is 17.9. The van der Waals surface area contributed by atoms with Crippen molar-refractivity contribution in [2.24, 2.45) is 11.7 Å². The van der Waals surface area contributed by atoms with Crippen molar-refractivity contribution in [3.63, 3.8) is 0 Å². The summed E-state index contributed by atoms with van der Waals surface area (Å²) in [6.07, 6.45) is 3.39. The predicted octanol–water partition coefficient (Wildman–Crippen LogP) is 0.252. The molecule has 1 aromatic rings. The number of aromatic nitrogens is 2. The normalized spacial score (nSPS) is 23.6. The van der Waals surface area contributed by atoms with E-state index in [0.717, 1.165) is 18.5 Å². The molecule has 9 nitrogen and oxygen atoms in total. The summed E-state index contributed by atoms with van der Waals surface area (Å²) in [7, 11) is 0. The Labute approximate surface area is 138 Å². The van der Waals surface area contributed by atoms with Crippen LogP contribution in [0.25, 0.3) is 0 Å². The fourth-order valence-corrected chi connectivity index (χ4v) is 2.80. The Bertz CT molecular complexity index is 598. The number of carboxylic acids is 1. The van der Waals surface area contributed by atoms with E-state index < -0.39 is 11.9 Å². The maximum Gasteiger partial charge on any atom is 0.308 e. The molecule has 1 aromatic heterocycles. The smallest absolute Gasteiger partial charge is 0.308 e. The Hall–Kier alpha value is -2.42. The van der Waals surface area contributed by atoms with E-state index in [1.807, 2.05) is 0 Å². The first-order valence-electron chi connectivity index (χ1n) is 7.87. The fourth-order valence-electron chi connectivity index (χ4n) is 2.80. The van der Waals surface area contributed by atoms with Crippen LogP contribution < -0.4 is 5.73 Å². The second-order valence-electron chi connectivity index (χ2n) is 6.17. The molecule has 0 spiro atoms. The Balaban J connectivity index is 0.000000647. The number of carbonyl (C=O) groups is 3. The van der Waals surface area contributed by atoms with Crippen LogP contribution in [0.4, 0.5) is 0 Å². The van der Waals surface area contributed by atoms with E-state index in [0.29, 0.717) is 31.0 Å². The molecule has 24 heavy (non-hydrogen) atoms. The zero-order valence-electron chi connectivity index (χ0n) is 13.2. The monoisotopic (exact) mass is 338 g/mol. The molecule has 2 heterocycles. The molecule has 9 heteroatoms. The maximum absolute atomic E-state index is 12.5. The van der Waals surface area contributed by atoms with E-state index in [9.17, 15) is 14.7 Å². The number of carboxylic acid groups (broad SMARTS) is 2. The van der Waals surface area contributed by atoms with Crippen molar-refractivity contribution in [2.75, 3.05) is 13.1 Å². The van der Waals surface area contributed by atoms with Gasteiger partial charge >= 0.3 is 5.97 Å². The van der Waals surface area contributed by atoms with Crippen molar-refractivity contribution < 1.29 is 24.6 Å². The maximum atomic E-state index is 12.5. The zero-order valence-corrected chi connectivity index (χ0v) is 13.2. The summed E-state index contributed by atoms with van der Waals surface area (Å²) < 4.78 is 0. The van der Waals surface area contributed by atoms with Crippen molar-refractivity contribution in [2.45, 2.75) is 37.6 Å². The van der Waals surface area contributed by atoms with E-state index in [1.54, 1.807) is 6.07 Å². The first-order valence-corrected chi connectivity index (χ1v) is 7.87. The highest BCUT2D eigenvalue weighted by atomic mass is 16.4. The summed E-state index contributed by atoms with van der Waals surface area (Å²) in [4.78, 5) is 33.6. The predicted molar refractivity (Wildman–Crippen MR) is 83.5 cm³/mol. The minimum absolute atomic E-state index is 0.180. The van der Waals surface area contributed by atoms with Gasteiger partial charge in [-0.15, -0.1) is 0 Å². The molecule has 2 atom stereocenters. The van der Waals surface area contributed by atoms with Crippen LogP contribution in [0.2, 0.25) is 0 Å². The lowest BCUT2D eigenvalue weighted by atomic mass is 10.0. The van der Waals surface area contributed by atoms with Gasteiger partial charge in [-0.05, 0) is 31.7 Å². The van der Waals surface area contributed by atoms with E-state index in [4.69, 9.17) is 15.6 Å². The van der Waals surface area contributed by atoms with Crippen molar-refractivity contribution in [1.29, 1.82) is 0 Å². The van der Waals surface area contributed by atoms with Gasteiger partial charge in [-0.25, -0.2) is 0 Å². The molecular formula is C15H22N4O5. The Morgan fingerprint density at radius 1 is 1.29 bits per heavy atom. The van der Waals surface area contributed by atoms with Crippen molar-refractivity contribution >= 4 is 18.3 Å². The largest absolute Gasteiger partial charge is 0.483 e. The highest BCUT2D eigenvalue weighted by Gasteiger charge is 2.32. The quantitative estimate of drug-likeness (QED) is 0.577. The second-order valence-corrected chi connectivity index (χ2v) is 6.17. The highest BCUT2D eigenvalue weighted by molar-refractivity contribution is 5.92. The molecule has 132 valence electrons. The molecule has 0 unspecified atom stereocenters. The minimum atomic E-state index is -0.873. The number of amides is 1. The molecule has 0 bridgehead atoms. The zero-order chi connectivity index (χ0) is 17.7. The third kappa shape index (κ3) is 4.54. The number of H-pyrrole nitrogens is 1. The van der Waals surface area contributed by atoms with Gasteiger partial charge in [0.2, 0.25) is 0 Å². The fraction of sp³-hybridized carbons (Fsp3) is 0.600. The van der Waals surface area contributed by atoms with Crippen LogP contribution >= 0.6 is 0 Å². The molecule has 1 aliphatic carbocycles. The van der Waals surface area contributed by atoms with E-state index in [1.165, 1.54) is 4.90 Å². The van der Waals surface area contributed by atoms with E-state index in [2.05, 4.69) is 10.2 Å². The van der Waals surface area contributed by atoms with Gasteiger partial charge in [-0.1, -0.05) is 0 Å². The second kappa shape index (κ2) is 7.91. The summed E-state index contributed by atoms with van der Waals surface area (Å²) in [6.45, 7) is 0.335. The Kier molecular flexibility index (Phi) is 5.91. The van der Waals surface area contributed by atoms with Gasteiger partial charge in [-0.2, -0.15) is 5.10 Å². The summed E-state index contributed by atoms with van der Waals surface area (Å²) in [5.41, 5.74) is 7.30. The van der Waals surface area contributed by atoms with Crippen LogP contribution in [0.15, 0.2) is 6.07 Å². The van der Waals surface area contributed by atoms with Gasteiger partial charge in [0.15, 0.2) is 0 Å². The SMILES string of the molecule is N[C@@H]1CC[C@H](C(=O)O)CN(C(=O)c2cc(C3CC3)[nH]n2)C1.O=CO. The number of likely N-dealkylation sites (tertiary alicyclic amines) is 1. The van der Waals surface area contributed by atoms with Crippen LogP contribution in [0.3, 0.4) is 0 Å². The number of aliphatic carboxylic acids is 1. The van der Waals surface area contributed by atoms with Crippen LogP contribution in [0.5, 0.6) is 0 Å². The highest BCUT2D eigenvalue weighted by Crippen LogP contribution is 2.39. The van der Waals surface area contributed by atoms with Crippen LogP contribution in [0, 0.1) is 5.92 Å². The van der Waals surface area contributed by atoms with Gasteiger partial charge in [0.1, 0.15) is 5.69 Å². The molecule has 2 fully saturated rings. The molecule has 1 aliphatic heterocycles. The van der Waals surface area contributed by atoms with Crippen LogP contribution in [-0.2, 0) is 9.59 Å². The van der Waals surface area contributed by atoms with E-state index >= 15 is 0 Å². The lowest BCUT2D eigenvalue weighted by Gasteiger charge is -2.23. The molecule has 1 saturated carbocycles. The van der Waals surface area contributed by atoms with E-state index in [-0.39, 0.29) is 25.0 Å². The standard InChI is InChI=1S/C14H20N4O3.CH2O2/c15-10-4-3-9(14(20)21)6-18(7-10)13(19)12-5-11(16-17-12)8-1-2-8;2-1-3/h5,8-10H,1-4,6-7,15H2,(H,16,17)(H,20,21);1H,(H,2,3)/t9-,10+;/m0./s1. The molecule has 0 aromatic carbocycles. The number of aromatic amines is 1.